The number of ether oxygens (including phenoxy) is 1. The Morgan fingerprint density at radius 3 is 3.16 bits per heavy atom. The highest BCUT2D eigenvalue weighted by Crippen LogP contribution is 2.28. The number of methoxy groups -OCH3 is 1. The van der Waals surface area contributed by atoms with Gasteiger partial charge in [-0.25, -0.2) is 15.0 Å². The lowest BCUT2D eigenvalue weighted by Crippen LogP contribution is -2.40. The van der Waals surface area contributed by atoms with E-state index in [0.29, 0.717) is 38.5 Å². The van der Waals surface area contributed by atoms with Gasteiger partial charge in [-0.3, -0.25) is 14.3 Å². The lowest BCUT2D eigenvalue weighted by Gasteiger charge is -2.34. The number of hydroxylamine groups is 2. The summed E-state index contributed by atoms with van der Waals surface area (Å²) in [5.74, 6) is 1.28. The van der Waals surface area contributed by atoms with Gasteiger partial charge >= 0.3 is 0 Å². The normalized spacial score (nSPS) is 19.8. The number of carbonyl (C=O) groups is 1. The maximum absolute atomic E-state index is 12.5. The summed E-state index contributed by atoms with van der Waals surface area (Å²) in [4.78, 5) is 28.4. The first-order valence-corrected chi connectivity index (χ1v) is 8.31. The Labute approximate surface area is 145 Å². The Bertz CT molecular complexity index is 758. The fourth-order valence-electron chi connectivity index (χ4n) is 3.28. The number of rotatable bonds is 4. The van der Waals surface area contributed by atoms with Gasteiger partial charge in [0.1, 0.15) is 12.1 Å². The van der Waals surface area contributed by atoms with Gasteiger partial charge in [-0.2, -0.15) is 5.10 Å². The van der Waals surface area contributed by atoms with Gasteiger partial charge in [0.05, 0.1) is 45.0 Å². The van der Waals surface area contributed by atoms with Crippen molar-refractivity contribution in [1.82, 2.24) is 24.8 Å². The first-order valence-electron chi connectivity index (χ1n) is 8.31. The molecule has 9 heteroatoms. The molecule has 25 heavy (non-hydrogen) atoms. The first-order chi connectivity index (χ1) is 12.2. The number of hydrogen-bond donors (Lipinski definition) is 0. The van der Waals surface area contributed by atoms with Crippen molar-refractivity contribution in [3.05, 3.63) is 30.4 Å². The molecule has 0 aliphatic carbocycles. The summed E-state index contributed by atoms with van der Waals surface area (Å²) in [7, 11) is 1.58. The van der Waals surface area contributed by atoms with E-state index in [2.05, 4.69) is 20.0 Å². The maximum Gasteiger partial charge on any atom is 0.248 e. The zero-order valence-electron chi connectivity index (χ0n) is 14.0. The van der Waals surface area contributed by atoms with Crippen molar-refractivity contribution in [2.24, 2.45) is 0 Å². The number of carbonyl (C=O) groups excluding carboxylic acids is 1. The Kier molecular flexibility index (Phi) is 4.22. The standard InChI is InChI=1S/C16H20N6O3/c1-24-15-8-14(17-11-18-15)20-9-12-3-4-19-22(12)13(10-20)7-16(23)21-5-2-6-25-21/h3-4,8,11,13H,2,5-7,9-10H2,1H3/t13-/m0/s1. The number of amides is 1. The molecular formula is C16H20N6O3. The second-order valence-electron chi connectivity index (χ2n) is 6.11. The fourth-order valence-corrected chi connectivity index (χ4v) is 3.28. The Hall–Kier alpha value is -2.68. The van der Waals surface area contributed by atoms with Crippen molar-refractivity contribution >= 4 is 11.7 Å². The lowest BCUT2D eigenvalue weighted by molar-refractivity contribution is -0.169. The minimum Gasteiger partial charge on any atom is -0.481 e. The number of fused-ring (bicyclic) bond motifs is 1. The maximum atomic E-state index is 12.5. The number of nitrogens with zero attached hydrogens (tertiary/aromatic N) is 6. The molecule has 4 rings (SSSR count). The van der Waals surface area contributed by atoms with E-state index < -0.39 is 0 Å². The summed E-state index contributed by atoms with van der Waals surface area (Å²) in [6.07, 6.45) is 4.48. The predicted molar refractivity (Wildman–Crippen MR) is 87.8 cm³/mol. The van der Waals surface area contributed by atoms with Crippen LogP contribution in [0, 0.1) is 0 Å². The molecule has 0 N–H and O–H groups in total. The molecule has 2 aliphatic rings. The Morgan fingerprint density at radius 1 is 1.44 bits per heavy atom. The fraction of sp³-hybridized carbons (Fsp3) is 0.500. The van der Waals surface area contributed by atoms with Crippen LogP contribution in [-0.4, -0.2) is 57.5 Å². The average Bonchev–Trinajstić information content (AvgIpc) is 3.33. The quantitative estimate of drug-likeness (QED) is 0.811. The second-order valence-corrected chi connectivity index (χ2v) is 6.11. The zero-order valence-corrected chi connectivity index (χ0v) is 14.0. The minimum absolute atomic E-state index is 0.00827. The molecule has 2 aromatic heterocycles. The van der Waals surface area contributed by atoms with Crippen molar-refractivity contribution in [3.63, 3.8) is 0 Å². The molecule has 0 radical (unpaired) electrons. The van der Waals surface area contributed by atoms with E-state index in [9.17, 15) is 4.79 Å². The van der Waals surface area contributed by atoms with Gasteiger partial charge < -0.3 is 9.64 Å². The van der Waals surface area contributed by atoms with E-state index >= 15 is 0 Å². The molecule has 0 aromatic carbocycles. The number of hydrogen-bond acceptors (Lipinski definition) is 7. The van der Waals surface area contributed by atoms with Crippen LogP contribution < -0.4 is 9.64 Å². The highest BCUT2D eigenvalue weighted by Gasteiger charge is 2.31. The molecule has 4 heterocycles. The molecule has 0 saturated carbocycles. The average molecular weight is 344 g/mol. The van der Waals surface area contributed by atoms with Crippen molar-refractivity contribution in [1.29, 1.82) is 0 Å². The van der Waals surface area contributed by atoms with Gasteiger partial charge in [-0.05, 0) is 12.5 Å². The van der Waals surface area contributed by atoms with Crippen LogP contribution >= 0.6 is 0 Å². The molecule has 2 aromatic rings. The topological polar surface area (TPSA) is 85.6 Å². The minimum atomic E-state index is -0.0728. The summed E-state index contributed by atoms with van der Waals surface area (Å²) in [5, 5.41) is 5.87. The number of anilines is 1. The van der Waals surface area contributed by atoms with Crippen LogP contribution in [0.1, 0.15) is 24.6 Å². The van der Waals surface area contributed by atoms with Crippen LogP contribution in [0.2, 0.25) is 0 Å². The summed E-state index contributed by atoms with van der Waals surface area (Å²) in [5.41, 5.74) is 1.05. The van der Waals surface area contributed by atoms with Crippen LogP contribution in [-0.2, 0) is 16.2 Å². The van der Waals surface area contributed by atoms with E-state index in [4.69, 9.17) is 9.57 Å². The second kappa shape index (κ2) is 6.67. The third-order valence-electron chi connectivity index (χ3n) is 4.48. The van der Waals surface area contributed by atoms with E-state index in [0.717, 1.165) is 17.9 Å². The summed E-state index contributed by atoms with van der Waals surface area (Å²) < 4.78 is 7.12. The third kappa shape index (κ3) is 3.14. The molecule has 0 bridgehead atoms. The van der Waals surface area contributed by atoms with E-state index in [-0.39, 0.29) is 11.9 Å². The Balaban J connectivity index is 1.55. The molecule has 9 nitrogen and oxygen atoms in total. The highest BCUT2D eigenvalue weighted by atomic mass is 16.7. The molecule has 1 saturated heterocycles. The highest BCUT2D eigenvalue weighted by molar-refractivity contribution is 5.75. The Morgan fingerprint density at radius 2 is 2.36 bits per heavy atom. The van der Waals surface area contributed by atoms with Crippen molar-refractivity contribution < 1.29 is 14.4 Å². The lowest BCUT2D eigenvalue weighted by atomic mass is 10.1. The molecular weight excluding hydrogens is 324 g/mol. The molecule has 0 spiro atoms. The van der Waals surface area contributed by atoms with Crippen molar-refractivity contribution in [2.75, 3.05) is 31.7 Å². The predicted octanol–water partition coefficient (Wildman–Crippen LogP) is 0.797. The molecule has 2 aliphatic heterocycles. The number of aromatic nitrogens is 4. The van der Waals surface area contributed by atoms with Gasteiger partial charge in [-0.1, -0.05) is 0 Å². The monoisotopic (exact) mass is 344 g/mol. The third-order valence-corrected chi connectivity index (χ3v) is 4.48. The van der Waals surface area contributed by atoms with Crippen LogP contribution in [0.3, 0.4) is 0 Å². The van der Waals surface area contributed by atoms with Gasteiger partial charge in [0.25, 0.3) is 0 Å². The smallest absolute Gasteiger partial charge is 0.248 e. The molecule has 1 fully saturated rings. The molecule has 132 valence electrons. The molecule has 0 unspecified atom stereocenters. The van der Waals surface area contributed by atoms with Crippen molar-refractivity contribution in [2.45, 2.75) is 25.4 Å². The van der Waals surface area contributed by atoms with Gasteiger partial charge in [0.2, 0.25) is 11.8 Å². The molecule has 1 amide bonds. The first kappa shape index (κ1) is 15.8. The van der Waals surface area contributed by atoms with E-state index in [1.807, 2.05) is 10.7 Å². The molecule has 1 atom stereocenters. The van der Waals surface area contributed by atoms with Gasteiger partial charge in [-0.15, -0.1) is 0 Å². The summed E-state index contributed by atoms with van der Waals surface area (Å²) >= 11 is 0. The van der Waals surface area contributed by atoms with Crippen LogP contribution in [0.4, 0.5) is 5.82 Å². The summed E-state index contributed by atoms with van der Waals surface area (Å²) in [6.45, 7) is 2.57. The van der Waals surface area contributed by atoms with Crippen molar-refractivity contribution in [3.8, 4) is 5.88 Å². The van der Waals surface area contributed by atoms with Crippen LogP contribution in [0.5, 0.6) is 5.88 Å². The van der Waals surface area contributed by atoms with Gasteiger partial charge in [0.15, 0.2) is 0 Å². The van der Waals surface area contributed by atoms with Crippen LogP contribution in [0.25, 0.3) is 0 Å². The van der Waals surface area contributed by atoms with E-state index in [1.54, 1.807) is 19.4 Å². The SMILES string of the molecule is COc1cc(N2Cc3ccnn3[C@@H](CC(=O)N3CCCO3)C2)ncn1. The summed E-state index contributed by atoms with van der Waals surface area (Å²) in [6, 6.07) is 3.69. The van der Waals surface area contributed by atoms with Gasteiger partial charge in [0, 0.05) is 18.8 Å². The zero-order chi connectivity index (χ0) is 17.2. The van der Waals surface area contributed by atoms with Crippen LogP contribution in [0.15, 0.2) is 24.7 Å². The largest absolute Gasteiger partial charge is 0.481 e. The van der Waals surface area contributed by atoms with E-state index in [1.165, 1.54) is 11.4 Å².